The van der Waals surface area contributed by atoms with Crippen LogP contribution in [0.3, 0.4) is 0 Å². The van der Waals surface area contributed by atoms with Crippen LogP contribution < -0.4 is 0 Å². The van der Waals surface area contributed by atoms with Crippen molar-refractivity contribution in [2.75, 3.05) is 0 Å². The van der Waals surface area contributed by atoms with Crippen molar-refractivity contribution in [3.8, 4) is 5.75 Å². The maximum atomic E-state index is 10.8. The highest BCUT2D eigenvalue weighted by Gasteiger charge is 2.31. The van der Waals surface area contributed by atoms with Crippen LogP contribution in [0.5, 0.6) is 5.75 Å². The molecule has 0 aliphatic carbocycles. The van der Waals surface area contributed by atoms with Crippen LogP contribution in [0.4, 0.5) is 0 Å². The summed E-state index contributed by atoms with van der Waals surface area (Å²) in [7, 11) is 0. The zero-order valence-corrected chi connectivity index (χ0v) is 20.9. The molecule has 0 saturated heterocycles. The Bertz CT molecular complexity index is 846. The Morgan fingerprint density at radius 3 is 1.97 bits per heavy atom. The molecule has 31 heavy (non-hydrogen) atoms. The molecule has 0 aromatic heterocycles. The molecule has 2 N–H and O–H groups in total. The number of unbranched alkanes of at least 4 members (excludes halogenated alkanes) is 1. The van der Waals surface area contributed by atoms with Crippen LogP contribution in [0.1, 0.15) is 101 Å². The Labute approximate surface area is 190 Å². The third kappa shape index (κ3) is 5.71. The number of aromatic hydroxyl groups is 1. The van der Waals surface area contributed by atoms with Gasteiger partial charge in [-0.25, -0.2) is 0 Å². The lowest BCUT2D eigenvalue weighted by Crippen LogP contribution is -2.30. The van der Waals surface area contributed by atoms with Gasteiger partial charge in [0.25, 0.3) is 0 Å². The zero-order chi connectivity index (χ0) is 23.2. The summed E-state index contributed by atoms with van der Waals surface area (Å²) < 4.78 is 0. The highest BCUT2D eigenvalue weighted by molar-refractivity contribution is 5.46. The summed E-state index contributed by atoms with van der Waals surface area (Å²) in [5, 5.41) is 20.8. The van der Waals surface area contributed by atoms with Crippen molar-refractivity contribution < 1.29 is 10.2 Å². The summed E-state index contributed by atoms with van der Waals surface area (Å²) in [5.41, 5.74) is 6.09. The molecule has 2 heteroatoms. The second kappa shape index (κ2) is 10.7. The van der Waals surface area contributed by atoms with Crippen LogP contribution >= 0.6 is 0 Å². The van der Waals surface area contributed by atoms with Crippen LogP contribution in [0.2, 0.25) is 0 Å². The maximum Gasteiger partial charge on any atom is 0.118 e. The van der Waals surface area contributed by atoms with E-state index < -0.39 is 0 Å². The zero-order valence-electron chi connectivity index (χ0n) is 20.9. The van der Waals surface area contributed by atoms with E-state index in [1.165, 1.54) is 35.1 Å². The smallest absolute Gasteiger partial charge is 0.118 e. The average Bonchev–Trinajstić information content (AvgIpc) is 2.75. The van der Waals surface area contributed by atoms with E-state index in [1.54, 1.807) is 0 Å². The van der Waals surface area contributed by atoms with E-state index in [2.05, 4.69) is 71.9 Å². The summed E-state index contributed by atoms with van der Waals surface area (Å²) in [6.07, 6.45) is 6.88. The van der Waals surface area contributed by atoms with E-state index in [0.29, 0.717) is 5.75 Å². The fourth-order valence-corrected chi connectivity index (χ4v) is 4.94. The second-order valence-electron chi connectivity index (χ2n) is 10.1. The van der Waals surface area contributed by atoms with E-state index in [0.717, 1.165) is 37.7 Å². The summed E-state index contributed by atoms with van der Waals surface area (Å²) in [5.74, 6) is 0.358. The molecule has 0 fully saturated rings. The molecule has 2 nitrogen and oxygen atoms in total. The molecule has 2 rings (SSSR count). The standard InChI is InChI=1S/C29H44O2/c1-8-11-18-28(6,7)27(31)17-13-23-12-14-24(19-21(23)4)29(9-2,10-3)25-15-16-26(30)22(5)20-25/h12,14-16,19-20,27,30-31H,8-11,13,17-18H2,1-7H3. The molecule has 0 saturated carbocycles. The number of aliphatic hydroxyl groups excluding tert-OH is 1. The van der Waals surface area contributed by atoms with Gasteiger partial charge in [-0.1, -0.05) is 77.8 Å². The van der Waals surface area contributed by atoms with E-state index in [1.807, 2.05) is 13.0 Å². The first-order valence-electron chi connectivity index (χ1n) is 12.2. The second-order valence-corrected chi connectivity index (χ2v) is 10.1. The summed E-state index contributed by atoms with van der Waals surface area (Å²) in [4.78, 5) is 0. The molecule has 0 spiro atoms. The third-order valence-corrected chi connectivity index (χ3v) is 7.62. The fraction of sp³-hybridized carbons (Fsp3) is 0.586. The van der Waals surface area contributed by atoms with E-state index in [-0.39, 0.29) is 16.9 Å². The Morgan fingerprint density at radius 1 is 0.871 bits per heavy atom. The van der Waals surface area contributed by atoms with Gasteiger partial charge in [-0.05, 0) is 85.3 Å². The van der Waals surface area contributed by atoms with Crippen LogP contribution in [-0.2, 0) is 11.8 Å². The van der Waals surface area contributed by atoms with Crippen molar-refractivity contribution in [3.05, 3.63) is 64.2 Å². The lowest BCUT2D eigenvalue weighted by atomic mass is 9.69. The number of aliphatic hydroxyl groups is 1. The summed E-state index contributed by atoms with van der Waals surface area (Å²) in [6.45, 7) is 15.3. The number of phenols is 1. The molecule has 0 bridgehead atoms. The number of aryl methyl sites for hydroxylation is 3. The molecule has 2 aromatic rings. The van der Waals surface area contributed by atoms with E-state index in [4.69, 9.17) is 0 Å². The molecule has 0 amide bonds. The Morgan fingerprint density at radius 2 is 1.45 bits per heavy atom. The van der Waals surface area contributed by atoms with Crippen molar-refractivity contribution in [2.45, 2.75) is 105 Å². The summed E-state index contributed by atoms with van der Waals surface area (Å²) >= 11 is 0. The van der Waals surface area contributed by atoms with Gasteiger partial charge in [0.15, 0.2) is 0 Å². The molecule has 1 atom stereocenters. The summed E-state index contributed by atoms with van der Waals surface area (Å²) in [6, 6.07) is 12.9. The highest BCUT2D eigenvalue weighted by Crippen LogP contribution is 2.41. The quantitative estimate of drug-likeness (QED) is 0.389. The van der Waals surface area contributed by atoms with Crippen LogP contribution in [0, 0.1) is 19.3 Å². The lowest BCUT2D eigenvalue weighted by Gasteiger charge is -2.34. The number of benzene rings is 2. The lowest BCUT2D eigenvalue weighted by molar-refractivity contribution is 0.0360. The topological polar surface area (TPSA) is 40.5 Å². The maximum absolute atomic E-state index is 10.8. The van der Waals surface area contributed by atoms with Gasteiger partial charge < -0.3 is 10.2 Å². The van der Waals surface area contributed by atoms with Crippen molar-refractivity contribution in [3.63, 3.8) is 0 Å². The molecular weight excluding hydrogens is 380 g/mol. The molecule has 0 aliphatic rings. The minimum absolute atomic E-state index is 0.0276. The molecule has 1 unspecified atom stereocenters. The minimum Gasteiger partial charge on any atom is -0.508 e. The van der Waals surface area contributed by atoms with Gasteiger partial charge in [-0.2, -0.15) is 0 Å². The average molecular weight is 425 g/mol. The van der Waals surface area contributed by atoms with Gasteiger partial charge >= 0.3 is 0 Å². The van der Waals surface area contributed by atoms with E-state index in [9.17, 15) is 10.2 Å². The van der Waals surface area contributed by atoms with Gasteiger partial charge in [0, 0.05) is 5.41 Å². The minimum atomic E-state index is -0.275. The van der Waals surface area contributed by atoms with Gasteiger partial charge in [-0.3, -0.25) is 0 Å². The first-order chi connectivity index (χ1) is 14.6. The monoisotopic (exact) mass is 424 g/mol. The van der Waals surface area contributed by atoms with Crippen LogP contribution in [-0.4, -0.2) is 16.3 Å². The molecule has 0 aliphatic heterocycles. The number of phenolic OH excluding ortho intramolecular Hbond substituents is 1. The van der Waals surface area contributed by atoms with Crippen molar-refractivity contribution in [1.29, 1.82) is 0 Å². The largest absolute Gasteiger partial charge is 0.508 e. The van der Waals surface area contributed by atoms with E-state index >= 15 is 0 Å². The van der Waals surface area contributed by atoms with Crippen LogP contribution in [0.15, 0.2) is 36.4 Å². The molecule has 0 radical (unpaired) electrons. The Kier molecular flexibility index (Phi) is 8.77. The molecule has 172 valence electrons. The predicted octanol–water partition coefficient (Wildman–Crippen LogP) is 7.63. The first kappa shape index (κ1) is 25.5. The molecule has 2 aromatic carbocycles. The number of rotatable bonds is 11. The van der Waals surface area contributed by atoms with Gasteiger partial charge in [0.05, 0.1) is 6.10 Å². The van der Waals surface area contributed by atoms with Crippen molar-refractivity contribution in [1.82, 2.24) is 0 Å². The van der Waals surface area contributed by atoms with Crippen molar-refractivity contribution >= 4 is 0 Å². The fourth-order valence-electron chi connectivity index (χ4n) is 4.94. The first-order valence-corrected chi connectivity index (χ1v) is 12.2. The molecular formula is C29H44O2. The predicted molar refractivity (Wildman–Crippen MR) is 133 cm³/mol. The van der Waals surface area contributed by atoms with Crippen molar-refractivity contribution in [2.24, 2.45) is 5.41 Å². The highest BCUT2D eigenvalue weighted by atomic mass is 16.3. The van der Waals surface area contributed by atoms with Gasteiger partial charge in [0.1, 0.15) is 5.75 Å². The number of hydrogen-bond donors (Lipinski definition) is 2. The normalized spacial score (nSPS) is 13.4. The molecule has 0 heterocycles. The Hall–Kier alpha value is -1.80. The van der Waals surface area contributed by atoms with Gasteiger partial charge in [-0.15, -0.1) is 0 Å². The van der Waals surface area contributed by atoms with Gasteiger partial charge in [0.2, 0.25) is 0 Å². The Balaban J connectivity index is 2.26. The SMILES string of the molecule is CCCCC(C)(C)C(O)CCc1ccc(C(CC)(CC)c2ccc(O)c(C)c2)cc1C. The van der Waals surface area contributed by atoms with Crippen LogP contribution in [0.25, 0.3) is 0 Å². The third-order valence-electron chi connectivity index (χ3n) is 7.62. The number of hydrogen-bond acceptors (Lipinski definition) is 2.